The van der Waals surface area contributed by atoms with Crippen molar-refractivity contribution in [2.45, 2.75) is 58.5 Å². The van der Waals surface area contributed by atoms with Crippen LogP contribution in [0.15, 0.2) is 42.5 Å². The summed E-state index contributed by atoms with van der Waals surface area (Å²) < 4.78 is 5.97. The number of ether oxygens (including phenoxy) is 1. The van der Waals surface area contributed by atoms with Crippen molar-refractivity contribution in [3.05, 3.63) is 64.7 Å². The zero-order valence-corrected chi connectivity index (χ0v) is 18.6. The molecule has 2 amide bonds. The summed E-state index contributed by atoms with van der Waals surface area (Å²) in [6, 6.07) is 14.1. The minimum absolute atomic E-state index is 0.0309. The first kappa shape index (κ1) is 21.4. The first-order valence-corrected chi connectivity index (χ1v) is 11.5. The van der Waals surface area contributed by atoms with Gasteiger partial charge in [0.1, 0.15) is 5.75 Å². The van der Waals surface area contributed by atoms with Crippen molar-refractivity contribution < 1.29 is 14.3 Å². The molecule has 2 heterocycles. The fourth-order valence-corrected chi connectivity index (χ4v) is 4.80. The largest absolute Gasteiger partial charge is 0.483 e. The number of carbonyl (C=O) groups is 2. The van der Waals surface area contributed by atoms with Crippen LogP contribution >= 0.6 is 0 Å². The number of aryl methyl sites for hydroxylation is 1. The number of rotatable bonds is 6. The molecule has 4 rings (SSSR count). The highest BCUT2D eigenvalue weighted by atomic mass is 16.5. The molecule has 0 saturated carbocycles. The highest BCUT2D eigenvalue weighted by Crippen LogP contribution is 2.29. The van der Waals surface area contributed by atoms with Gasteiger partial charge in [0.05, 0.1) is 0 Å². The normalized spacial score (nSPS) is 18.6. The molecule has 0 radical (unpaired) electrons. The van der Waals surface area contributed by atoms with E-state index in [0.717, 1.165) is 37.8 Å². The van der Waals surface area contributed by atoms with Crippen molar-refractivity contribution in [3.63, 3.8) is 0 Å². The summed E-state index contributed by atoms with van der Waals surface area (Å²) in [4.78, 5) is 29.8. The smallest absolute Gasteiger partial charge is 0.260 e. The number of hydrogen-bond donors (Lipinski definition) is 0. The Morgan fingerprint density at radius 3 is 2.74 bits per heavy atom. The number of amides is 2. The van der Waals surface area contributed by atoms with Gasteiger partial charge in [-0.3, -0.25) is 9.59 Å². The lowest BCUT2D eigenvalue weighted by Crippen LogP contribution is -2.45. The van der Waals surface area contributed by atoms with E-state index >= 15 is 0 Å². The van der Waals surface area contributed by atoms with E-state index in [4.69, 9.17) is 4.74 Å². The van der Waals surface area contributed by atoms with Gasteiger partial charge in [-0.15, -0.1) is 0 Å². The van der Waals surface area contributed by atoms with E-state index in [-0.39, 0.29) is 18.4 Å². The van der Waals surface area contributed by atoms with E-state index in [9.17, 15) is 9.59 Å². The second kappa shape index (κ2) is 9.54. The van der Waals surface area contributed by atoms with E-state index < -0.39 is 0 Å². The Balaban J connectivity index is 1.44. The second-order valence-corrected chi connectivity index (χ2v) is 8.62. The molecule has 1 atom stereocenters. The van der Waals surface area contributed by atoms with Gasteiger partial charge in [-0.25, -0.2) is 0 Å². The first-order valence-electron chi connectivity index (χ1n) is 11.5. The maximum Gasteiger partial charge on any atom is 0.260 e. The molecule has 0 N–H and O–H groups in total. The highest BCUT2D eigenvalue weighted by molar-refractivity contribution is 5.97. The van der Waals surface area contributed by atoms with Crippen molar-refractivity contribution in [2.24, 2.45) is 0 Å². The standard InChI is InChI=1S/C26H32N2O3/c1-3-21-11-6-7-15-28(21)25(29)18-31-24-13-8-12-23-22(24)14-16-27(26(23)30)17-20-10-5-4-9-19(20)2/h4-5,8-10,12-13,21H,3,6-7,11,14-18H2,1-2H3/t21-/m0/s1. The number of carbonyl (C=O) groups excluding carboxylic acids is 2. The number of nitrogens with zero attached hydrogens (tertiary/aromatic N) is 2. The van der Waals surface area contributed by atoms with Crippen LogP contribution in [-0.4, -0.2) is 47.4 Å². The monoisotopic (exact) mass is 420 g/mol. The molecule has 0 unspecified atom stereocenters. The van der Waals surface area contributed by atoms with Crippen molar-refractivity contribution in [1.29, 1.82) is 0 Å². The number of benzene rings is 2. The molecule has 2 aromatic carbocycles. The molecule has 0 bridgehead atoms. The van der Waals surface area contributed by atoms with Crippen molar-refractivity contribution in [3.8, 4) is 5.75 Å². The molecule has 0 spiro atoms. The van der Waals surface area contributed by atoms with Crippen LogP contribution in [0.2, 0.25) is 0 Å². The minimum atomic E-state index is 0.0309. The topological polar surface area (TPSA) is 49.9 Å². The molecule has 2 aliphatic heterocycles. The van der Waals surface area contributed by atoms with Crippen molar-refractivity contribution in [2.75, 3.05) is 19.7 Å². The molecule has 2 aromatic rings. The lowest BCUT2D eigenvalue weighted by Gasteiger charge is -2.35. The van der Waals surface area contributed by atoms with Crippen LogP contribution < -0.4 is 4.74 Å². The van der Waals surface area contributed by atoms with Gasteiger partial charge in [0.25, 0.3) is 11.8 Å². The summed E-state index contributed by atoms with van der Waals surface area (Å²) in [5.41, 5.74) is 3.98. The number of likely N-dealkylation sites (tertiary alicyclic amines) is 1. The van der Waals surface area contributed by atoms with Gasteiger partial charge < -0.3 is 14.5 Å². The van der Waals surface area contributed by atoms with Crippen LogP contribution in [0.1, 0.15) is 59.7 Å². The van der Waals surface area contributed by atoms with Crippen LogP contribution in [0, 0.1) is 6.92 Å². The predicted octanol–water partition coefficient (Wildman–Crippen LogP) is 4.36. The van der Waals surface area contributed by atoms with Gasteiger partial charge >= 0.3 is 0 Å². The van der Waals surface area contributed by atoms with Crippen molar-refractivity contribution in [1.82, 2.24) is 9.80 Å². The molecule has 0 aliphatic carbocycles. The van der Waals surface area contributed by atoms with E-state index in [1.54, 1.807) is 0 Å². The zero-order chi connectivity index (χ0) is 21.8. The van der Waals surface area contributed by atoms with E-state index in [0.29, 0.717) is 30.4 Å². The Morgan fingerprint density at radius 1 is 1.10 bits per heavy atom. The molecule has 5 heteroatoms. The molecule has 31 heavy (non-hydrogen) atoms. The molecular formula is C26H32N2O3. The Bertz CT molecular complexity index is 955. The number of hydrogen-bond acceptors (Lipinski definition) is 3. The van der Waals surface area contributed by atoms with Gasteiger partial charge in [-0.1, -0.05) is 37.3 Å². The minimum Gasteiger partial charge on any atom is -0.483 e. The van der Waals surface area contributed by atoms with Gasteiger partial charge in [0, 0.05) is 36.8 Å². The summed E-state index contributed by atoms with van der Waals surface area (Å²) in [6.07, 6.45) is 5.05. The fourth-order valence-electron chi connectivity index (χ4n) is 4.80. The van der Waals surface area contributed by atoms with Crippen LogP contribution in [-0.2, 0) is 17.8 Å². The average Bonchev–Trinajstić information content (AvgIpc) is 2.80. The maximum absolute atomic E-state index is 13.1. The second-order valence-electron chi connectivity index (χ2n) is 8.62. The lowest BCUT2D eigenvalue weighted by molar-refractivity contribution is -0.137. The third-order valence-corrected chi connectivity index (χ3v) is 6.67. The Hall–Kier alpha value is -2.82. The zero-order valence-electron chi connectivity index (χ0n) is 18.6. The molecule has 1 fully saturated rings. The van der Waals surface area contributed by atoms with Gasteiger partial charge in [0.15, 0.2) is 6.61 Å². The Kier molecular flexibility index (Phi) is 6.59. The lowest BCUT2D eigenvalue weighted by atomic mass is 9.97. The SMILES string of the molecule is CC[C@H]1CCCCN1C(=O)COc1cccc2c1CCN(Cc1ccccc1C)C2=O. The summed E-state index contributed by atoms with van der Waals surface area (Å²) in [5.74, 6) is 0.746. The molecule has 2 aliphatic rings. The number of fused-ring (bicyclic) bond motifs is 1. The third kappa shape index (κ3) is 4.60. The van der Waals surface area contributed by atoms with E-state index in [2.05, 4.69) is 26.0 Å². The summed E-state index contributed by atoms with van der Waals surface area (Å²) in [7, 11) is 0. The quantitative estimate of drug-likeness (QED) is 0.698. The Morgan fingerprint density at radius 2 is 1.94 bits per heavy atom. The predicted molar refractivity (Wildman–Crippen MR) is 121 cm³/mol. The van der Waals surface area contributed by atoms with Crippen LogP contribution in [0.3, 0.4) is 0 Å². The summed E-state index contributed by atoms with van der Waals surface area (Å²) in [6.45, 7) is 6.33. The van der Waals surface area contributed by atoms with Gasteiger partial charge in [0.2, 0.25) is 0 Å². The molecular weight excluding hydrogens is 388 g/mol. The number of piperidine rings is 1. The van der Waals surface area contributed by atoms with E-state index in [1.807, 2.05) is 40.1 Å². The average molecular weight is 421 g/mol. The summed E-state index contributed by atoms with van der Waals surface area (Å²) >= 11 is 0. The fraction of sp³-hybridized carbons (Fsp3) is 0.462. The van der Waals surface area contributed by atoms with Crippen molar-refractivity contribution >= 4 is 11.8 Å². The van der Waals surface area contributed by atoms with Gasteiger partial charge in [-0.2, -0.15) is 0 Å². The molecule has 1 saturated heterocycles. The molecule has 5 nitrogen and oxygen atoms in total. The maximum atomic E-state index is 13.1. The van der Waals surface area contributed by atoms with E-state index in [1.165, 1.54) is 17.5 Å². The van der Waals surface area contributed by atoms with Crippen LogP contribution in [0.5, 0.6) is 5.75 Å². The Labute approximate surface area is 185 Å². The van der Waals surface area contributed by atoms with Crippen LogP contribution in [0.25, 0.3) is 0 Å². The van der Waals surface area contributed by atoms with Crippen LogP contribution in [0.4, 0.5) is 0 Å². The van der Waals surface area contributed by atoms with Gasteiger partial charge in [-0.05, 0) is 62.3 Å². The molecule has 164 valence electrons. The third-order valence-electron chi connectivity index (χ3n) is 6.67. The molecule has 0 aromatic heterocycles. The summed E-state index contributed by atoms with van der Waals surface area (Å²) in [5, 5.41) is 0. The highest BCUT2D eigenvalue weighted by Gasteiger charge is 2.28. The first-order chi connectivity index (χ1) is 15.1.